The van der Waals surface area contributed by atoms with E-state index < -0.39 is 12.1 Å². The van der Waals surface area contributed by atoms with Crippen LogP contribution in [0.15, 0.2) is 24.3 Å². The monoisotopic (exact) mass is 402 g/mol. The largest absolute Gasteiger partial charge is 0.490 e. The Morgan fingerprint density at radius 2 is 1.82 bits per heavy atom. The number of alkyl halides is 3. The van der Waals surface area contributed by atoms with E-state index in [2.05, 4.69) is 43.0 Å². The lowest BCUT2D eigenvalue weighted by molar-refractivity contribution is -0.192. The summed E-state index contributed by atoms with van der Waals surface area (Å²) >= 11 is 0. The predicted molar refractivity (Wildman–Crippen MR) is 101 cm³/mol. The summed E-state index contributed by atoms with van der Waals surface area (Å²) < 4.78 is 31.7. The number of aliphatic carboxylic acids is 1. The Hall–Kier alpha value is -2.09. The van der Waals surface area contributed by atoms with Gasteiger partial charge in [-0.1, -0.05) is 36.8 Å². The second-order valence-corrected chi connectivity index (χ2v) is 7.34. The number of carboxylic acid groups (broad SMARTS) is 1. The van der Waals surface area contributed by atoms with Crippen LogP contribution in [-0.4, -0.2) is 59.6 Å². The molecule has 0 aromatic heterocycles. The van der Waals surface area contributed by atoms with E-state index in [1.807, 2.05) is 11.9 Å². The second kappa shape index (κ2) is 11.0. The minimum absolute atomic E-state index is 0.244. The Morgan fingerprint density at radius 3 is 2.32 bits per heavy atom. The molecule has 1 saturated heterocycles. The average molecular weight is 402 g/mol. The molecule has 2 rings (SSSR count). The third-order valence-corrected chi connectivity index (χ3v) is 4.59. The third-order valence-electron chi connectivity index (χ3n) is 4.59. The van der Waals surface area contributed by atoms with Gasteiger partial charge in [0.15, 0.2) is 0 Å². The van der Waals surface area contributed by atoms with Gasteiger partial charge >= 0.3 is 12.1 Å². The van der Waals surface area contributed by atoms with Crippen molar-refractivity contribution in [1.82, 2.24) is 9.80 Å². The molecule has 8 heteroatoms. The van der Waals surface area contributed by atoms with Gasteiger partial charge < -0.3 is 14.9 Å². The minimum Gasteiger partial charge on any atom is -0.475 e. The lowest BCUT2D eigenvalue weighted by Gasteiger charge is -2.31. The van der Waals surface area contributed by atoms with Crippen molar-refractivity contribution in [2.45, 2.75) is 45.8 Å². The van der Waals surface area contributed by atoms with Gasteiger partial charge in [0.25, 0.3) is 0 Å². The first-order valence-electron chi connectivity index (χ1n) is 9.31. The molecule has 1 heterocycles. The van der Waals surface area contributed by atoms with Crippen molar-refractivity contribution in [3.05, 3.63) is 35.4 Å². The lowest BCUT2D eigenvalue weighted by Crippen LogP contribution is -2.37. The summed E-state index contributed by atoms with van der Waals surface area (Å²) in [6, 6.07) is 8.41. The molecular weight excluding hydrogens is 373 g/mol. The van der Waals surface area contributed by atoms with E-state index >= 15 is 0 Å². The first-order chi connectivity index (χ1) is 13.0. The highest BCUT2D eigenvalue weighted by atomic mass is 19.4. The van der Waals surface area contributed by atoms with Crippen molar-refractivity contribution in [1.29, 1.82) is 0 Å². The maximum atomic E-state index is 12.2. The van der Waals surface area contributed by atoms with Gasteiger partial charge in [0.2, 0.25) is 5.91 Å². The van der Waals surface area contributed by atoms with Crippen LogP contribution in [0.4, 0.5) is 13.2 Å². The van der Waals surface area contributed by atoms with Gasteiger partial charge in [-0.2, -0.15) is 13.2 Å². The highest BCUT2D eigenvalue weighted by Crippen LogP contribution is 2.16. The van der Waals surface area contributed by atoms with E-state index in [1.54, 1.807) is 0 Å². The van der Waals surface area contributed by atoms with Gasteiger partial charge in [-0.3, -0.25) is 4.79 Å². The smallest absolute Gasteiger partial charge is 0.475 e. The lowest BCUT2D eigenvalue weighted by atomic mass is 10.0. The molecular formula is C20H29F3N2O3. The van der Waals surface area contributed by atoms with Crippen LogP contribution < -0.4 is 0 Å². The van der Waals surface area contributed by atoms with E-state index in [1.165, 1.54) is 24.0 Å². The van der Waals surface area contributed by atoms with Gasteiger partial charge in [0, 0.05) is 33.1 Å². The molecule has 1 aromatic rings. The standard InChI is InChI=1S/C18H28N2O.C2HF3O2/c1-15-6-8-17(9-7-15)14-19(3)18(21)10-12-20-11-4-5-16(2)13-20;3-2(4,5)1(6)7/h6-9,16H,4-5,10-14H2,1-3H3;(H,6,7). The normalized spacial score (nSPS) is 17.4. The van der Waals surface area contributed by atoms with Crippen molar-refractivity contribution in [3.63, 3.8) is 0 Å². The SMILES string of the molecule is Cc1ccc(CN(C)C(=O)CCN2CCCC(C)C2)cc1.O=C(O)C(F)(F)F. The minimum atomic E-state index is -5.08. The molecule has 1 aliphatic heterocycles. The van der Waals surface area contributed by atoms with Crippen LogP contribution in [0.3, 0.4) is 0 Å². The van der Waals surface area contributed by atoms with Crippen LogP contribution >= 0.6 is 0 Å². The van der Waals surface area contributed by atoms with Crippen molar-refractivity contribution >= 4 is 11.9 Å². The summed E-state index contributed by atoms with van der Waals surface area (Å²) in [5.74, 6) is -1.74. The summed E-state index contributed by atoms with van der Waals surface area (Å²) in [6.45, 7) is 8.29. The Kier molecular flexibility index (Phi) is 9.45. The molecule has 1 aromatic carbocycles. The summed E-state index contributed by atoms with van der Waals surface area (Å²) in [4.78, 5) is 25.4. The number of piperidine rings is 1. The molecule has 1 amide bonds. The molecule has 0 radical (unpaired) electrons. The second-order valence-electron chi connectivity index (χ2n) is 7.34. The third kappa shape index (κ3) is 9.21. The molecule has 0 spiro atoms. The van der Waals surface area contributed by atoms with E-state index in [9.17, 15) is 18.0 Å². The molecule has 1 fully saturated rings. The number of aryl methyl sites for hydroxylation is 1. The van der Waals surface area contributed by atoms with Gasteiger partial charge in [0.1, 0.15) is 0 Å². The maximum absolute atomic E-state index is 12.2. The molecule has 5 nitrogen and oxygen atoms in total. The van der Waals surface area contributed by atoms with Gasteiger partial charge in [-0.25, -0.2) is 4.79 Å². The number of carbonyl (C=O) groups is 2. The molecule has 1 atom stereocenters. The van der Waals surface area contributed by atoms with E-state index in [0.29, 0.717) is 13.0 Å². The summed E-state index contributed by atoms with van der Waals surface area (Å²) in [5.41, 5.74) is 2.45. The summed E-state index contributed by atoms with van der Waals surface area (Å²) in [5, 5.41) is 7.12. The molecule has 28 heavy (non-hydrogen) atoms. The van der Waals surface area contributed by atoms with Crippen molar-refractivity contribution < 1.29 is 27.9 Å². The Morgan fingerprint density at radius 1 is 1.25 bits per heavy atom. The molecule has 1 aliphatic rings. The number of carboxylic acids is 1. The van der Waals surface area contributed by atoms with Gasteiger partial charge in [-0.05, 0) is 37.8 Å². The molecule has 0 saturated carbocycles. The quantitative estimate of drug-likeness (QED) is 0.816. The maximum Gasteiger partial charge on any atom is 0.490 e. The summed E-state index contributed by atoms with van der Waals surface area (Å²) in [6.07, 6.45) is -1.85. The van der Waals surface area contributed by atoms with Crippen molar-refractivity contribution in [3.8, 4) is 0 Å². The number of amides is 1. The fourth-order valence-electron chi connectivity index (χ4n) is 2.99. The van der Waals surface area contributed by atoms with Gasteiger partial charge in [0.05, 0.1) is 0 Å². The van der Waals surface area contributed by atoms with Crippen molar-refractivity contribution in [2.24, 2.45) is 5.92 Å². The number of halogens is 3. The highest BCUT2D eigenvalue weighted by Gasteiger charge is 2.38. The highest BCUT2D eigenvalue weighted by molar-refractivity contribution is 5.76. The van der Waals surface area contributed by atoms with Gasteiger partial charge in [-0.15, -0.1) is 0 Å². The molecule has 1 N–H and O–H groups in total. The number of likely N-dealkylation sites (tertiary alicyclic amines) is 1. The number of hydrogen-bond donors (Lipinski definition) is 1. The molecule has 1 unspecified atom stereocenters. The van der Waals surface area contributed by atoms with E-state index in [4.69, 9.17) is 9.90 Å². The number of nitrogens with zero attached hydrogens (tertiary/aromatic N) is 2. The van der Waals surface area contributed by atoms with E-state index in [0.717, 1.165) is 25.6 Å². The first kappa shape index (κ1) is 23.9. The van der Waals surface area contributed by atoms with Crippen LogP contribution in [0.5, 0.6) is 0 Å². The fourth-order valence-corrected chi connectivity index (χ4v) is 2.99. The molecule has 0 bridgehead atoms. The number of benzene rings is 1. The Balaban J connectivity index is 0.000000480. The zero-order valence-corrected chi connectivity index (χ0v) is 16.6. The average Bonchev–Trinajstić information content (AvgIpc) is 2.61. The number of carbonyl (C=O) groups excluding carboxylic acids is 1. The predicted octanol–water partition coefficient (Wildman–Crippen LogP) is 3.71. The van der Waals surface area contributed by atoms with E-state index in [-0.39, 0.29) is 5.91 Å². The Bertz CT molecular complexity index is 633. The van der Waals surface area contributed by atoms with Crippen LogP contribution in [0, 0.1) is 12.8 Å². The van der Waals surface area contributed by atoms with Crippen LogP contribution in [0.25, 0.3) is 0 Å². The first-order valence-corrected chi connectivity index (χ1v) is 9.31. The Labute approximate surface area is 164 Å². The number of rotatable bonds is 5. The summed E-state index contributed by atoms with van der Waals surface area (Å²) in [7, 11) is 1.90. The topological polar surface area (TPSA) is 60.9 Å². The zero-order chi connectivity index (χ0) is 21.3. The van der Waals surface area contributed by atoms with Crippen LogP contribution in [0.2, 0.25) is 0 Å². The van der Waals surface area contributed by atoms with Crippen molar-refractivity contribution in [2.75, 3.05) is 26.7 Å². The molecule has 0 aliphatic carbocycles. The number of hydrogen-bond acceptors (Lipinski definition) is 3. The zero-order valence-electron chi connectivity index (χ0n) is 16.6. The van der Waals surface area contributed by atoms with Crippen LogP contribution in [-0.2, 0) is 16.1 Å². The fraction of sp³-hybridized carbons (Fsp3) is 0.600. The van der Waals surface area contributed by atoms with Crippen LogP contribution in [0.1, 0.15) is 37.3 Å². The molecule has 158 valence electrons.